The first-order valence-corrected chi connectivity index (χ1v) is 12.0. The predicted octanol–water partition coefficient (Wildman–Crippen LogP) is 5.77. The van der Waals surface area contributed by atoms with Gasteiger partial charge in [0, 0.05) is 43.1 Å². The fraction of sp³-hybridized carbons (Fsp3) is 0.308. The van der Waals surface area contributed by atoms with Crippen LogP contribution in [-0.2, 0) is 17.5 Å². The average molecular weight is 517 g/mol. The zero-order valence-corrected chi connectivity index (χ0v) is 20.0. The van der Waals surface area contributed by atoms with Crippen LogP contribution in [0.15, 0.2) is 66.9 Å². The summed E-state index contributed by atoms with van der Waals surface area (Å²) in [5.74, 6) is 0.847. The van der Waals surface area contributed by atoms with Gasteiger partial charge in [-0.3, -0.25) is 4.90 Å². The number of alkyl halides is 3. The Morgan fingerprint density at radius 1 is 1.03 bits per heavy atom. The summed E-state index contributed by atoms with van der Waals surface area (Å²) >= 11 is 6.03. The summed E-state index contributed by atoms with van der Waals surface area (Å²) < 4.78 is 45.6. The number of carbonyl (C=O) groups is 1. The minimum atomic E-state index is -4.47. The van der Waals surface area contributed by atoms with E-state index >= 15 is 0 Å². The van der Waals surface area contributed by atoms with Crippen LogP contribution in [0.2, 0.25) is 5.02 Å². The molecule has 0 bridgehead atoms. The highest BCUT2D eigenvalue weighted by Crippen LogP contribution is 2.38. The molecule has 0 radical (unpaired) electrons. The van der Waals surface area contributed by atoms with E-state index in [0.717, 1.165) is 36.6 Å². The second kappa shape index (κ2) is 9.99. The molecule has 0 N–H and O–H groups in total. The van der Waals surface area contributed by atoms with E-state index in [2.05, 4.69) is 9.88 Å². The summed E-state index contributed by atoms with van der Waals surface area (Å²) in [5.41, 5.74) is 1.07. The third-order valence-electron chi connectivity index (χ3n) is 6.40. The van der Waals surface area contributed by atoms with Crippen LogP contribution < -0.4 is 9.80 Å². The van der Waals surface area contributed by atoms with Crippen molar-refractivity contribution in [3.63, 3.8) is 0 Å². The summed E-state index contributed by atoms with van der Waals surface area (Å²) in [6.45, 7) is 3.37. The Morgan fingerprint density at radius 2 is 1.78 bits per heavy atom. The highest BCUT2D eigenvalue weighted by atomic mass is 35.5. The molecule has 2 fully saturated rings. The molecule has 1 atom stereocenters. The fourth-order valence-corrected chi connectivity index (χ4v) is 4.69. The van der Waals surface area contributed by atoms with Gasteiger partial charge in [-0.1, -0.05) is 29.8 Å². The number of hydrogen-bond acceptors (Lipinski definition) is 4. The zero-order valence-electron chi connectivity index (χ0n) is 19.3. The van der Waals surface area contributed by atoms with Gasteiger partial charge in [-0.05, 0) is 53.6 Å². The van der Waals surface area contributed by atoms with Crippen LogP contribution in [0.25, 0.3) is 0 Å². The summed E-state index contributed by atoms with van der Waals surface area (Å²) in [6, 6.07) is 14.8. The summed E-state index contributed by atoms with van der Waals surface area (Å²) in [6.07, 6.45) is -2.74. The summed E-state index contributed by atoms with van der Waals surface area (Å²) in [5, 5.41) is 0.504. The lowest BCUT2D eigenvalue weighted by Gasteiger charge is -2.27. The maximum absolute atomic E-state index is 13.5. The number of hydrogen-bond donors (Lipinski definition) is 0. The van der Waals surface area contributed by atoms with Gasteiger partial charge >= 0.3 is 12.2 Å². The zero-order chi connectivity index (χ0) is 25.3. The first-order valence-electron chi connectivity index (χ1n) is 11.6. The molecule has 5 rings (SSSR count). The maximum Gasteiger partial charge on any atom is 0.416 e. The third kappa shape index (κ3) is 5.12. The number of aromatic nitrogens is 1. The van der Waals surface area contributed by atoms with Crippen LogP contribution in [0, 0.1) is 0 Å². The number of carbonyl (C=O) groups excluding carboxylic acids is 1. The van der Waals surface area contributed by atoms with Gasteiger partial charge in [0.05, 0.1) is 24.8 Å². The Balaban J connectivity index is 1.41. The molecule has 36 heavy (non-hydrogen) atoms. The summed E-state index contributed by atoms with van der Waals surface area (Å²) in [4.78, 5) is 23.4. The second-order valence-corrected chi connectivity index (χ2v) is 9.21. The predicted molar refractivity (Wildman–Crippen MR) is 131 cm³/mol. The first-order chi connectivity index (χ1) is 17.3. The van der Waals surface area contributed by atoms with Gasteiger partial charge in [-0.2, -0.15) is 13.2 Å². The molecule has 2 aromatic carbocycles. The molecule has 1 aromatic heterocycles. The van der Waals surface area contributed by atoms with E-state index in [1.807, 2.05) is 12.1 Å². The van der Waals surface area contributed by atoms with Crippen LogP contribution >= 0.6 is 11.6 Å². The lowest BCUT2D eigenvalue weighted by atomic mass is 10.0. The van der Waals surface area contributed by atoms with Crippen molar-refractivity contribution in [3.8, 4) is 0 Å². The summed E-state index contributed by atoms with van der Waals surface area (Å²) in [7, 11) is 0. The molecule has 0 aliphatic carbocycles. The molecule has 2 amide bonds. The Hall–Kier alpha value is -3.30. The SMILES string of the molecule is O=C1N(Cc2ccc(N3CCOCC3)nc2)C[C@H](c2cccc(C(F)(F)F)c2)N1c1ccc(Cl)cc1. The molecule has 10 heteroatoms. The lowest BCUT2D eigenvalue weighted by Crippen LogP contribution is -2.36. The molecule has 2 aliphatic rings. The van der Waals surface area contributed by atoms with Crippen LogP contribution in [0.1, 0.15) is 22.7 Å². The number of nitrogens with zero attached hydrogens (tertiary/aromatic N) is 4. The number of amides is 2. The number of halogens is 4. The molecule has 0 saturated carbocycles. The van der Waals surface area contributed by atoms with Gasteiger partial charge in [-0.15, -0.1) is 0 Å². The van der Waals surface area contributed by atoms with Gasteiger partial charge in [0.2, 0.25) is 0 Å². The van der Waals surface area contributed by atoms with Crippen molar-refractivity contribution in [2.45, 2.75) is 18.8 Å². The van der Waals surface area contributed by atoms with E-state index in [0.29, 0.717) is 29.5 Å². The van der Waals surface area contributed by atoms with Crippen molar-refractivity contribution >= 4 is 29.1 Å². The highest BCUT2D eigenvalue weighted by Gasteiger charge is 2.40. The molecule has 2 saturated heterocycles. The van der Waals surface area contributed by atoms with E-state index in [1.165, 1.54) is 11.0 Å². The fourth-order valence-electron chi connectivity index (χ4n) is 4.57. The largest absolute Gasteiger partial charge is 0.416 e. The minimum Gasteiger partial charge on any atom is -0.378 e. The molecule has 188 valence electrons. The van der Waals surface area contributed by atoms with Gasteiger partial charge in [0.15, 0.2) is 0 Å². The monoisotopic (exact) mass is 516 g/mol. The van der Waals surface area contributed by atoms with Gasteiger partial charge < -0.3 is 14.5 Å². The van der Waals surface area contributed by atoms with E-state index in [-0.39, 0.29) is 19.1 Å². The minimum absolute atomic E-state index is 0.230. The molecular weight excluding hydrogens is 493 g/mol. The molecule has 0 spiro atoms. The van der Waals surface area contributed by atoms with Crippen molar-refractivity contribution in [1.82, 2.24) is 9.88 Å². The molecular formula is C26H24ClF3N4O2. The highest BCUT2D eigenvalue weighted by molar-refractivity contribution is 6.30. The average Bonchev–Trinajstić information content (AvgIpc) is 3.21. The van der Waals surface area contributed by atoms with Crippen molar-refractivity contribution in [2.75, 3.05) is 42.6 Å². The molecule has 3 heterocycles. The van der Waals surface area contributed by atoms with Gasteiger partial charge in [0.25, 0.3) is 0 Å². The number of pyridine rings is 1. The standard InChI is InChI=1S/C26H24ClF3N4O2/c27-21-5-7-22(8-6-21)34-23(19-2-1-3-20(14-19)26(28,29)30)17-33(25(34)35)16-18-4-9-24(31-15-18)32-10-12-36-13-11-32/h1-9,14-15,23H,10-13,16-17H2/t23-/m1/s1. The van der Waals surface area contributed by atoms with E-state index in [4.69, 9.17) is 16.3 Å². The van der Waals surface area contributed by atoms with E-state index in [9.17, 15) is 18.0 Å². The number of morpholine rings is 1. The maximum atomic E-state index is 13.5. The van der Waals surface area contributed by atoms with Crippen molar-refractivity contribution in [2.24, 2.45) is 0 Å². The molecule has 0 unspecified atom stereocenters. The van der Waals surface area contributed by atoms with Crippen molar-refractivity contribution in [1.29, 1.82) is 0 Å². The Bertz CT molecular complexity index is 1220. The van der Waals surface area contributed by atoms with Crippen molar-refractivity contribution < 1.29 is 22.7 Å². The topological polar surface area (TPSA) is 48.9 Å². The van der Waals surface area contributed by atoms with Crippen LogP contribution in [0.5, 0.6) is 0 Å². The van der Waals surface area contributed by atoms with E-state index in [1.54, 1.807) is 41.4 Å². The molecule has 3 aromatic rings. The number of rotatable bonds is 5. The Labute approximate surface area is 211 Å². The third-order valence-corrected chi connectivity index (χ3v) is 6.65. The van der Waals surface area contributed by atoms with Crippen molar-refractivity contribution in [3.05, 3.63) is 88.6 Å². The molecule has 2 aliphatic heterocycles. The smallest absolute Gasteiger partial charge is 0.378 e. The van der Waals surface area contributed by atoms with Gasteiger partial charge in [0.1, 0.15) is 5.82 Å². The van der Waals surface area contributed by atoms with E-state index < -0.39 is 17.8 Å². The Kier molecular flexibility index (Phi) is 6.77. The second-order valence-electron chi connectivity index (χ2n) is 8.77. The molecule has 6 nitrogen and oxygen atoms in total. The van der Waals surface area contributed by atoms with Crippen LogP contribution in [-0.4, -0.2) is 48.8 Å². The number of anilines is 2. The number of benzene rings is 2. The Morgan fingerprint density at radius 3 is 2.44 bits per heavy atom. The quantitative estimate of drug-likeness (QED) is 0.432. The van der Waals surface area contributed by atoms with Crippen LogP contribution in [0.3, 0.4) is 0 Å². The normalized spacial score (nSPS) is 18.7. The first kappa shape index (κ1) is 24.4. The van der Waals surface area contributed by atoms with Gasteiger partial charge in [-0.25, -0.2) is 9.78 Å². The number of urea groups is 1. The number of ether oxygens (including phenoxy) is 1. The lowest BCUT2D eigenvalue weighted by molar-refractivity contribution is -0.137. The van der Waals surface area contributed by atoms with Crippen LogP contribution in [0.4, 0.5) is 29.5 Å².